The van der Waals surface area contributed by atoms with E-state index in [1.165, 1.54) is 6.07 Å². The summed E-state index contributed by atoms with van der Waals surface area (Å²) in [6, 6.07) is 9.93. The van der Waals surface area contributed by atoms with E-state index in [2.05, 4.69) is 5.32 Å². The Morgan fingerprint density at radius 2 is 2.00 bits per heavy atom. The molecular weight excluding hydrogens is 239 g/mol. The van der Waals surface area contributed by atoms with Crippen LogP contribution in [0.5, 0.6) is 0 Å². The Labute approximate surface area is 104 Å². The van der Waals surface area contributed by atoms with Gasteiger partial charge in [0.15, 0.2) is 0 Å². The van der Waals surface area contributed by atoms with Gasteiger partial charge in [0.05, 0.1) is 11.4 Å². The zero-order valence-electron chi connectivity index (χ0n) is 9.30. The van der Waals surface area contributed by atoms with Crippen molar-refractivity contribution in [2.24, 2.45) is 0 Å². The van der Waals surface area contributed by atoms with E-state index in [0.29, 0.717) is 10.7 Å². The van der Waals surface area contributed by atoms with Gasteiger partial charge in [-0.1, -0.05) is 17.7 Å². The molecule has 0 atom stereocenters. The average Bonchev–Trinajstić information content (AvgIpc) is 2.26. The number of halogens is 2. The standard InChI is InChI=1S/C13H12ClFN2/c1-8-7-9(14)5-6-12(8)17-13-10(15)3-2-4-11(13)16/h2-7,17H,16H2,1H3. The second-order valence-electron chi connectivity index (χ2n) is 3.79. The Morgan fingerprint density at radius 1 is 1.24 bits per heavy atom. The molecule has 2 aromatic rings. The number of aryl methyl sites for hydroxylation is 1. The Hall–Kier alpha value is -1.74. The maximum atomic E-state index is 13.6. The predicted octanol–water partition coefficient (Wildman–Crippen LogP) is 4.11. The maximum absolute atomic E-state index is 13.6. The highest BCUT2D eigenvalue weighted by molar-refractivity contribution is 6.30. The fraction of sp³-hybridized carbons (Fsp3) is 0.0769. The van der Waals surface area contributed by atoms with Crippen molar-refractivity contribution in [1.82, 2.24) is 0 Å². The minimum Gasteiger partial charge on any atom is -0.397 e. The van der Waals surface area contributed by atoms with Crippen LogP contribution in [0.3, 0.4) is 0 Å². The van der Waals surface area contributed by atoms with Gasteiger partial charge in [-0.25, -0.2) is 4.39 Å². The van der Waals surface area contributed by atoms with Crippen LogP contribution < -0.4 is 11.1 Å². The first kappa shape index (κ1) is 11.7. The third-order valence-electron chi connectivity index (χ3n) is 2.49. The summed E-state index contributed by atoms with van der Waals surface area (Å²) in [5.41, 5.74) is 8.10. The number of nitrogen functional groups attached to an aromatic ring is 1. The van der Waals surface area contributed by atoms with Crippen molar-refractivity contribution in [2.75, 3.05) is 11.1 Å². The molecule has 0 spiro atoms. The molecule has 2 nitrogen and oxygen atoms in total. The van der Waals surface area contributed by atoms with E-state index in [4.69, 9.17) is 17.3 Å². The minimum atomic E-state index is -0.376. The number of hydrogen-bond acceptors (Lipinski definition) is 2. The molecule has 2 aromatic carbocycles. The molecule has 0 saturated heterocycles. The van der Waals surface area contributed by atoms with Crippen LogP contribution >= 0.6 is 11.6 Å². The van der Waals surface area contributed by atoms with Crippen LogP contribution in [0, 0.1) is 12.7 Å². The van der Waals surface area contributed by atoms with Crippen LogP contribution in [0.25, 0.3) is 0 Å². The molecule has 0 saturated carbocycles. The quantitative estimate of drug-likeness (QED) is 0.787. The number of nitrogens with two attached hydrogens (primary N) is 1. The van der Waals surface area contributed by atoms with Crippen LogP contribution in [-0.4, -0.2) is 0 Å². The van der Waals surface area contributed by atoms with E-state index in [-0.39, 0.29) is 11.5 Å². The number of para-hydroxylation sites is 1. The van der Waals surface area contributed by atoms with E-state index in [9.17, 15) is 4.39 Å². The van der Waals surface area contributed by atoms with Crippen molar-refractivity contribution in [1.29, 1.82) is 0 Å². The van der Waals surface area contributed by atoms with Crippen LogP contribution in [0.15, 0.2) is 36.4 Å². The van der Waals surface area contributed by atoms with Crippen LogP contribution in [0.2, 0.25) is 5.02 Å². The van der Waals surface area contributed by atoms with Gasteiger partial charge in [0.2, 0.25) is 0 Å². The third-order valence-corrected chi connectivity index (χ3v) is 2.73. The van der Waals surface area contributed by atoms with Gasteiger partial charge in [-0.2, -0.15) is 0 Å². The summed E-state index contributed by atoms with van der Waals surface area (Å²) in [5.74, 6) is -0.376. The zero-order chi connectivity index (χ0) is 12.4. The smallest absolute Gasteiger partial charge is 0.148 e. The van der Waals surface area contributed by atoms with Crippen molar-refractivity contribution in [2.45, 2.75) is 6.92 Å². The van der Waals surface area contributed by atoms with E-state index < -0.39 is 0 Å². The summed E-state index contributed by atoms with van der Waals surface area (Å²) >= 11 is 5.86. The van der Waals surface area contributed by atoms with Gasteiger partial charge in [0.25, 0.3) is 0 Å². The molecule has 0 heterocycles. The van der Waals surface area contributed by atoms with Gasteiger partial charge in [-0.15, -0.1) is 0 Å². The molecular formula is C13H12ClFN2. The Balaban J connectivity index is 2.38. The summed E-state index contributed by atoms with van der Waals surface area (Å²) in [7, 11) is 0. The normalized spacial score (nSPS) is 10.3. The fourth-order valence-electron chi connectivity index (χ4n) is 1.57. The van der Waals surface area contributed by atoms with Crippen molar-refractivity contribution in [3.8, 4) is 0 Å². The van der Waals surface area contributed by atoms with E-state index in [0.717, 1.165) is 11.3 Å². The van der Waals surface area contributed by atoms with Gasteiger partial charge >= 0.3 is 0 Å². The summed E-state index contributed by atoms with van der Waals surface area (Å²) in [4.78, 5) is 0. The first-order chi connectivity index (χ1) is 8.08. The molecule has 88 valence electrons. The van der Waals surface area contributed by atoms with Crippen molar-refractivity contribution in [3.05, 3.63) is 52.8 Å². The maximum Gasteiger partial charge on any atom is 0.148 e. The lowest BCUT2D eigenvalue weighted by Gasteiger charge is -2.12. The molecule has 0 unspecified atom stereocenters. The lowest BCUT2D eigenvalue weighted by molar-refractivity contribution is 0.632. The van der Waals surface area contributed by atoms with Gasteiger partial charge in [0.1, 0.15) is 5.82 Å². The first-order valence-corrected chi connectivity index (χ1v) is 5.53. The molecule has 17 heavy (non-hydrogen) atoms. The van der Waals surface area contributed by atoms with E-state index >= 15 is 0 Å². The van der Waals surface area contributed by atoms with Crippen LogP contribution in [0.4, 0.5) is 21.5 Å². The highest BCUT2D eigenvalue weighted by Gasteiger charge is 2.07. The largest absolute Gasteiger partial charge is 0.397 e. The highest BCUT2D eigenvalue weighted by Crippen LogP contribution is 2.28. The van der Waals surface area contributed by atoms with E-state index in [1.54, 1.807) is 30.3 Å². The SMILES string of the molecule is Cc1cc(Cl)ccc1Nc1c(N)cccc1F. The summed E-state index contributed by atoms with van der Waals surface area (Å²) in [6.45, 7) is 1.89. The molecule has 4 heteroatoms. The Kier molecular flexibility index (Phi) is 3.20. The van der Waals surface area contributed by atoms with Crippen molar-refractivity contribution < 1.29 is 4.39 Å². The van der Waals surface area contributed by atoms with Gasteiger partial charge in [0, 0.05) is 10.7 Å². The lowest BCUT2D eigenvalue weighted by Crippen LogP contribution is -2.00. The van der Waals surface area contributed by atoms with Crippen molar-refractivity contribution >= 4 is 28.7 Å². The van der Waals surface area contributed by atoms with E-state index in [1.807, 2.05) is 6.92 Å². The second kappa shape index (κ2) is 4.63. The van der Waals surface area contributed by atoms with Gasteiger partial charge in [-0.3, -0.25) is 0 Å². The van der Waals surface area contributed by atoms with Gasteiger partial charge < -0.3 is 11.1 Å². The minimum absolute atomic E-state index is 0.290. The molecule has 0 bridgehead atoms. The zero-order valence-corrected chi connectivity index (χ0v) is 10.1. The average molecular weight is 251 g/mol. The number of rotatable bonds is 2. The number of hydrogen-bond donors (Lipinski definition) is 2. The number of benzene rings is 2. The summed E-state index contributed by atoms with van der Waals surface area (Å²) < 4.78 is 13.6. The summed E-state index contributed by atoms with van der Waals surface area (Å²) in [6.07, 6.45) is 0. The molecule has 2 rings (SSSR count). The Morgan fingerprint density at radius 3 is 2.65 bits per heavy atom. The Bertz CT molecular complexity index is 535. The molecule has 0 aliphatic heterocycles. The van der Waals surface area contributed by atoms with Crippen LogP contribution in [0.1, 0.15) is 5.56 Å². The second-order valence-corrected chi connectivity index (χ2v) is 4.22. The molecule has 0 fully saturated rings. The highest BCUT2D eigenvalue weighted by atomic mass is 35.5. The lowest BCUT2D eigenvalue weighted by atomic mass is 10.2. The molecule has 0 radical (unpaired) electrons. The van der Waals surface area contributed by atoms with Crippen molar-refractivity contribution in [3.63, 3.8) is 0 Å². The summed E-state index contributed by atoms with van der Waals surface area (Å²) in [5, 5.41) is 3.63. The molecule has 0 aliphatic rings. The molecule has 0 aliphatic carbocycles. The first-order valence-electron chi connectivity index (χ1n) is 5.15. The predicted molar refractivity (Wildman–Crippen MR) is 70.3 cm³/mol. The number of anilines is 3. The fourth-order valence-corrected chi connectivity index (χ4v) is 1.80. The molecule has 3 N–H and O–H groups in total. The molecule has 0 amide bonds. The monoisotopic (exact) mass is 250 g/mol. The molecule has 0 aromatic heterocycles. The van der Waals surface area contributed by atoms with Gasteiger partial charge in [-0.05, 0) is 42.8 Å². The van der Waals surface area contributed by atoms with Crippen LogP contribution in [-0.2, 0) is 0 Å². The number of nitrogens with one attached hydrogen (secondary N) is 1. The third kappa shape index (κ3) is 2.50. The topological polar surface area (TPSA) is 38.0 Å².